The first-order chi connectivity index (χ1) is 14.9. The van der Waals surface area contributed by atoms with Crippen LogP contribution >= 0.6 is 0 Å². The molecule has 0 atom stereocenters. The maximum Gasteiger partial charge on any atom is 0.416 e. The van der Waals surface area contributed by atoms with Gasteiger partial charge in [-0.25, -0.2) is 0 Å². The summed E-state index contributed by atoms with van der Waals surface area (Å²) in [6, 6.07) is 1.55. The van der Waals surface area contributed by atoms with Crippen LogP contribution in [0.2, 0.25) is 0 Å². The first kappa shape index (κ1) is 24.8. The van der Waals surface area contributed by atoms with E-state index in [2.05, 4.69) is 4.90 Å². The minimum atomic E-state index is -4.88. The number of alkyl halides is 6. The predicted octanol–water partition coefficient (Wildman–Crippen LogP) is 4.14. The van der Waals surface area contributed by atoms with Crippen LogP contribution in [-0.2, 0) is 23.6 Å². The molecule has 0 N–H and O–H groups in total. The number of carbonyl (C=O) groups is 1. The molecule has 1 heterocycles. The lowest BCUT2D eigenvalue weighted by Gasteiger charge is -2.38. The number of rotatable bonds is 7. The summed E-state index contributed by atoms with van der Waals surface area (Å²) < 4.78 is 78.0. The third-order valence-corrected chi connectivity index (χ3v) is 6.37. The van der Waals surface area contributed by atoms with Gasteiger partial charge in [0, 0.05) is 46.3 Å². The van der Waals surface area contributed by atoms with Crippen molar-refractivity contribution in [2.75, 3.05) is 52.9 Å². The Labute approximate surface area is 184 Å². The van der Waals surface area contributed by atoms with Crippen molar-refractivity contribution < 1.29 is 31.1 Å². The summed E-state index contributed by atoms with van der Waals surface area (Å²) in [5.41, 5.74) is -2.77. The second kappa shape index (κ2) is 9.99. The van der Waals surface area contributed by atoms with Gasteiger partial charge >= 0.3 is 12.4 Å². The summed E-state index contributed by atoms with van der Waals surface area (Å²) in [5, 5.41) is 0. The number of likely N-dealkylation sites (N-methyl/N-ethyl adjacent to an activating group) is 1. The van der Waals surface area contributed by atoms with Gasteiger partial charge in [0.1, 0.15) is 0 Å². The molecule has 1 aromatic carbocycles. The summed E-state index contributed by atoms with van der Waals surface area (Å²) in [5.74, 6) is 0.600. The van der Waals surface area contributed by atoms with Crippen LogP contribution in [0.3, 0.4) is 0 Å². The Kier molecular flexibility index (Phi) is 7.75. The van der Waals surface area contributed by atoms with Crippen LogP contribution in [0.1, 0.15) is 36.0 Å². The van der Waals surface area contributed by atoms with Crippen molar-refractivity contribution in [2.45, 2.75) is 38.0 Å². The normalized spacial score (nSPS) is 19.1. The average molecular weight is 465 g/mol. The molecule has 0 bridgehead atoms. The fourth-order valence-corrected chi connectivity index (χ4v) is 4.07. The number of nitrogens with zero attached hydrogens (tertiary/aromatic N) is 3. The Balaban J connectivity index is 1.50. The molecule has 1 aromatic rings. The molecule has 32 heavy (non-hydrogen) atoms. The highest BCUT2D eigenvalue weighted by atomic mass is 19.4. The predicted molar refractivity (Wildman–Crippen MR) is 108 cm³/mol. The molecular weight excluding hydrogens is 436 g/mol. The Morgan fingerprint density at radius 2 is 1.47 bits per heavy atom. The molecule has 1 amide bonds. The molecule has 10 heteroatoms. The second-order valence-corrected chi connectivity index (χ2v) is 8.85. The molecule has 0 radical (unpaired) electrons. The Hall–Kier alpha value is -1.81. The van der Waals surface area contributed by atoms with E-state index < -0.39 is 23.5 Å². The van der Waals surface area contributed by atoms with Crippen molar-refractivity contribution >= 4 is 5.91 Å². The lowest BCUT2D eigenvalue weighted by atomic mass is 9.85. The number of amides is 1. The largest absolute Gasteiger partial charge is 0.416 e. The fraction of sp³-hybridized carbons (Fsp3) is 0.682. The SMILES string of the molecule is CN(CCc1cc(C(F)(F)F)cc(C(F)(F)F)c1)C(=O)CN1CCN(CC2CCC2)CC1. The van der Waals surface area contributed by atoms with Crippen LogP contribution in [0.15, 0.2) is 18.2 Å². The van der Waals surface area contributed by atoms with E-state index >= 15 is 0 Å². The van der Waals surface area contributed by atoms with E-state index in [9.17, 15) is 31.1 Å². The third kappa shape index (κ3) is 6.84. The molecule has 1 saturated carbocycles. The Morgan fingerprint density at radius 1 is 0.938 bits per heavy atom. The van der Waals surface area contributed by atoms with Crippen molar-refractivity contribution in [1.82, 2.24) is 14.7 Å². The molecule has 2 fully saturated rings. The van der Waals surface area contributed by atoms with Crippen molar-refractivity contribution in [1.29, 1.82) is 0 Å². The number of halogens is 6. The maximum atomic E-state index is 13.0. The van der Waals surface area contributed by atoms with E-state index in [4.69, 9.17) is 0 Å². The van der Waals surface area contributed by atoms with Crippen molar-refractivity contribution in [2.24, 2.45) is 5.92 Å². The van der Waals surface area contributed by atoms with E-state index in [0.717, 1.165) is 50.8 Å². The monoisotopic (exact) mass is 465 g/mol. The van der Waals surface area contributed by atoms with Gasteiger partial charge < -0.3 is 9.80 Å². The smallest absolute Gasteiger partial charge is 0.344 e. The summed E-state index contributed by atoms with van der Waals surface area (Å²) in [6.45, 7) is 4.70. The average Bonchev–Trinajstić information content (AvgIpc) is 2.68. The minimum Gasteiger partial charge on any atom is -0.344 e. The fourth-order valence-electron chi connectivity index (χ4n) is 4.07. The van der Waals surface area contributed by atoms with Crippen molar-refractivity contribution in [3.8, 4) is 0 Å². The number of carbonyl (C=O) groups excluding carboxylic acids is 1. The molecule has 4 nitrogen and oxygen atoms in total. The van der Waals surface area contributed by atoms with Crippen molar-refractivity contribution in [3.05, 3.63) is 34.9 Å². The quantitative estimate of drug-likeness (QED) is 0.567. The van der Waals surface area contributed by atoms with Gasteiger partial charge in [-0.15, -0.1) is 0 Å². The van der Waals surface area contributed by atoms with E-state index in [1.807, 2.05) is 4.90 Å². The van der Waals surface area contributed by atoms with Crippen molar-refractivity contribution in [3.63, 3.8) is 0 Å². The minimum absolute atomic E-state index is 0.0408. The maximum absolute atomic E-state index is 13.0. The molecule has 180 valence electrons. The molecule has 0 spiro atoms. The molecule has 0 aromatic heterocycles. The highest BCUT2D eigenvalue weighted by molar-refractivity contribution is 5.78. The lowest BCUT2D eigenvalue weighted by molar-refractivity contribution is -0.143. The highest BCUT2D eigenvalue weighted by Crippen LogP contribution is 2.36. The zero-order valence-corrected chi connectivity index (χ0v) is 18.1. The third-order valence-electron chi connectivity index (χ3n) is 6.37. The van der Waals surface area contributed by atoms with E-state index in [1.165, 1.54) is 31.2 Å². The van der Waals surface area contributed by atoms with Crippen LogP contribution in [0.25, 0.3) is 0 Å². The van der Waals surface area contributed by atoms with Gasteiger partial charge in [0.05, 0.1) is 17.7 Å². The summed E-state index contributed by atoms with van der Waals surface area (Å²) in [7, 11) is 1.52. The van der Waals surface area contributed by atoms with Crippen LogP contribution in [-0.4, -0.2) is 73.5 Å². The van der Waals surface area contributed by atoms with Crippen LogP contribution < -0.4 is 0 Å². The van der Waals surface area contributed by atoms with Gasteiger partial charge in [-0.2, -0.15) is 26.3 Å². The summed E-state index contributed by atoms with van der Waals surface area (Å²) in [4.78, 5) is 18.3. The first-order valence-electron chi connectivity index (χ1n) is 10.9. The zero-order valence-electron chi connectivity index (χ0n) is 18.1. The van der Waals surface area contributed by atoms with Crippen LogP contribution in [0.4, 0.5) is 26.3 Å². The molecular formula is C22H29F6N3O. The number of benzene rings is 1. The van der Waals surface area contributed by atoms with Crippen LogP contribution in [0, 0.1) is 5.92 Å². The summed E-state index contributed by atoms with van der Waals surface area (Å²) >= 11 is 0. The lowest BCUT2D eigenvalue weighted by Crippen LogP contribution is -2.51. The van der Waals surface area contributed by atoms with E-state index in [1.54, 1.807) is 0 Å². The molecule has 1 aliphatic heterocycles. The Bertz CT molecular complexity index is 751. The molecule has 1 saturated heterocycles. The van der Waals surface area contributed by atoms with Gasteiger partial charge in [-0.1, -0.05) is 6.42 Å². The van der Waals surface area contributed by atoms with Gasteiger partial charge in [-0.3, -0.25) is 9.69 Å². The molecule has 1 aliphatic carbocycles. The highest BCUT2D eigenvalue weighted by Gasteiger charge is 2.37. The number of piperazine rings is 1. The van der Waals surface area contributed by atoms with Gasteiger partial charge in [0.15, 0.2) is 0 Å². The first-order valence-corrected chi connectivity index (χ1v) is 10.9. The van der Waals surface area contributed by atoms with Crippen LogP contribution in [0.5, 0.6) is 0 Å². The molecule has 0 unspecified atom stereocenters. The zero-order chi connectivity index (χ0) is 23.5. The van der Waals surface area contributed by atoms with Gasteiger partial charge in [0.25, 0.3) is 0 Å². The molecule has 3 rings (SSSR count). The topological polar surface area (TPSA) is 26.8 Å². The summed E-state index contributed by atoms with van der Waals surface area (Å²) in [6.07, 6.45) is -5.95. The van der Waals surface area contributed by atoms with E-state index in [0.29, 0.717) is 0 Å². The second-order valence-electron chi connectivity index (χ2n) is 8.85. The Morgan fingerprint density at radius 3 is 1.94 bits per heavy atom. The standard InChI is InChI=1S/C22H29F6N3O/c1-29(20(32)15-31-9-7-30(8-10-31)14-16-3-2-4-16)6-5-17-11-18(21(23,24)25)13-19(12-17)22(26,27)28/h11-13,16H,2-10,14-15H2,1H3. The number of hydrogen-bond donors (Lipinski definition) is 0. The van der Waals surface area contributed by atoms with Gasteiger partial charge in [0.2, 0.25) is 5.91 Å². The number of hydrogen-bond acceptors (Lipinski definition) is 3. The molecule has 2 aliphatic rings. The van der Waals surface area contributed by atoms with Gasteiger partial charge in [-0.05, 0) is 48.9 Å². The van der Waals surface area contributed by atoms with E-state index in [-0.39, 0.29) is 37.0 Å².